The lowest BCUT2D eigenvalue weighted by molar-refractivity contribution is -0.160. The summed E-state index contributed by atoms with van der Waals surface area (Å²) in [5, 5.41) is 11.1. The van der Waals surface area contributed by atoms with Crippen molar-refractivity contribution in [2.24, 2.45) is 0 Å². The Hall–Kier alpha value is -6.24. The van der Waals surface area contributed by atoms with Crippen LogP contribution in [0.1, 0.15) is 44.5 Å². The number of carbonyl (C=O) groups excluding carboxylic acids is 1. The topological polar surface area (TPSA) is 63.6 Å². The SMILES string of the molecule is O=COC1(C2(C(=O)O)c3ccccc3-c3ccccc32)c2ccccc2-c2ccccc21.S=S.S=S=S=S.c1ccc2c(c1)C(=C1c3ccccc3-c3ccccc31)c1ccccc1-2. The van der Waals surface area contributed by atoms with E-state index in [-0.39, 0.29) is 0 Å². The van der Waals surface area contributed by atoms with Gasteiger partial charge in [0.1, 0.15) is 0 Å². The number of carboxylic acids is 1. The van der Waals surface area contributed by atoms with Gasteiger partial charge in [0.25, 0.3) is 6.47 Å². The molecule has 0 saturated heterocycles. The Morgan fingerprint density at radius 1 is 0.406 bits per heavy atom. The Labute approximate surface area is 396 Å². The van der Waals surface area contributed by atoms with E-state index in [9.17, 15) is 14.7 Å². The van der Waals surface area contributed by atoms with Gasteiger partial charge in [0.05, 0.1) is 0 Å². The van der Waals surface area contributed by atoms with Crippen LogP contribution in [0.3, 0.4) is 0 Å². The fourth-order valence-electron chi connectivity index (χ4n) is 10.5. The van der Waals surface area contributed by atoms with Crippen LogP contribution in [0, 0.1) is 0 Å². The van der Waals surface area contributed by atoms with E-state index in [4.69, 9.17) is 4.74 Å². The quantitative estimate of drug-likeness (QED) is 0.175. The zero-order valence-electron chi connectivity index (χ0n) is 33.7. The van der Waals surface area contributed by atoms with Crippen molar-refractivity contribution >= 4 is 86.1 Å². The van der Waals surface area contributed by atoms with Crippen LogP contribution in [-0.2, 0) is 87.9 Å². The number of rotatable bonds is 4. The summed E-state index contributed by atoms with van der Waals surface area (Å²) in [7, 11) is 2.34. The maximum Gasteiger partial charge on any atom is 0.323 e. The molecule has 0 heterocycles. The molecule has 4 aliphatic carbocycles. The molecule has 0 aliphatic heterocycles. The van der Waals surface area contributed by atoms with Crippen molar-refractivity contribution in [3.8, 4) is 44.5 Å². The van der Waals surface area contributed by atoms with Crippen LogP contribution in [-0.4, -0.2) is 17.5 Å². The molecule has 310 valence electrons. The first-order chi connectivity index (χ1) is 31.5. The van der Waals surface area contributed by atoms with Gasteiger partial charge in [0, 0.05) is 73.6 Å². The molecular weight excluding hydrogens is 905 g/mol. The molecule has 0 unspecified atom stereocenters. The molecule has 0 fully saturated rings. The summed E-state index contributed by atoms with van der Waals surface area (Å²) in [5.74, 6) is -1.07. The number of aliphatic carboxylic acids is 1. The Bertz CT molecular complexity index is 3000. The van der Waals surface area contributed by atoms with E-state index < -0.39 is 17.0 Å². The standard InChI is InChI=1S/C28H18O4.C26H16.S4.S2/c29-17-32-28(24-15-7-3-11-20(24)21-12-4-8-16-25(21)28)27(26(30)31)22-13-5-1-9-18(22)19-10-2-6-14-23(19)27;1-5-13-21-17(9-1)18-10-2-6-14-22(18)25(21)26-23-15-7-3-11-19(23)20-12-4-8-16-24(20)26;1-3-4-2;1-2/h1-17H,(H,30,31);1-16H;;. The zero-order chi connectivity index (χ0) is 44.4. The number of benzene rings is 8. The Morgan fingerprint density at radius 3 is 0.906 bits per heavy atom. The van der Waals surface area contributed by atoms with Crippen molar-refractivity contribution in [3.63, 3.8) is 0 Å². The van der Waals surface area contributed by atoms with Gasteiger partial charge >= 0.3 is 5.97 Å². The molecule has 0 spiro atoms. The van der Waals surface area contributed by atoms with Gasteiger partial charge in [-0.15, -0.1) is 0 Å². The largest absolute Gasteiger partial charge is 0.480 e. The normalized spacial score (nSPS) is 13.6. The van der Waals surface area contributed by atoms with Crippen molar-refractivity contribution in [1.82, 2.24) is 0 Å². The summed E-state index contributed by atoms with van der Waals surface area (Å²) in [6.45, 7) is 0.382. The van der Waals surface area contributed by atoms with Crippen LogP contribution in [0.4, 0.5) is 0 Å². The van der Waals surface area contributed by atoms with Gasteiger partial charge in [0.15, 0.2) is 11.0 Å². The highest BCUT2D eigenvalue weighted by atomic mass is 33.2. The number of fused-ring (bicyclic) bond motifs is 12. The van der Waals surface area contributed by atoms with E-state index in [1.807, 2.05) is 97.1 Å². The number of hydrogen-bond acceptors (Lipinski definition) is 7. The summed E-state index contributed by atoms with van der Waals surface area (Å²) in [5.41, 5.74) is 16.2. The minimum Gasteiger partial charge on any atom is -0.480 e. The molecule has 8 aromatic rings. The predicted molar refractivity (Wildman–Crippen MR) is 273 cm³/mol. The Morgan fingerprint density at radius 2 is 0.641 bits per heavy atom. The van der Waals surface area contributed by atoms with Crippen molar-refractivity contribution in [2.45, 2.75) is 11.0 Å². The maximum atomic E-state index is 13.5. The summed E-state index contributed by atoms with van der Waals surface area (Å²) in [6.07, 6.45) is 0. The molecule has 12 rings (SSSR count). The van der Waals surface area contributed by atoms with E-state index in [0.29, 0.717) is 28.7 Å². The highest BCUT2D eigenvalue weighted by Gasteiger charge is 2.69. The lowest BCUT2D eigenvalue weighted by Gasteiger charge is -2.44. The summed E-state index contributed by atoms with van der Waals surface area (Å²) >= 11 is 16.0. The monoisotopic (exact) mass is 938 g/mol. The average Bonchev–Trinajstić information content (AvgIpc) is 4.06. The molecule has 4 nitrogen and oxygen atoms in total. The van der Waals surface area contributed by atoms with Crippen molar-refractivity contribution < 1.29 is 19.4 Å². The van der Waals surface area contributed by atoms with Crippen LogP contribution in [0.25, 0.3) is 55.7 Å². The van der Waals surface area contributed by atoms with Gasteiger partial charge in [-0.05, 0) is 89.0 Å². The average molecular weight is 939 g/mol. The zero-order valence-corrected chi connectivity index (χ0v) is 38.6. The van der Waals surface area contributed by atoms with Crippen LogP contribution in [0.15, 0.2) is 194 Å². The smallest absolute Gasteiger partial charge is 0.323 e. The van der Waals surface area contributed by atoms with Crippen LogP contribution >= 0.6 is 0 Å². The molecule has 64 heavy (non-hydrogen) atoms. The molecule has 1 N–H and O–H groups in total. The molecule has 0 aromatic heterocycles. The van der Waals surface area contributed by atoms with E-state index >= 15 is 0 Å². The lowest BCUT2D eigenvalue weighted by atomic mass is 9.61. The third-order valence-electron chi connectivity index (χ3n) is 12.6. The number of carboxylic acid groups (broad SMARTS) is 1. The fourth-order valence-corrected chi connectivity index (χ4v) is 10.5. The molecule has 0 amide bonds. The second kappa shape index (κ2) is 18.1. The van der Waals surface area contributed by atoms with E-state index in [2.05, 4.69) is 142 Å². The molecule has 0 radical (unpaired) electrons. The van der Waals surface area contributed by atoms with E-state index in [0.717, 1.165) is 22.3 Å². The molecular formula is C54H34O4S6. The molecule has 0 bridgehead atoms. The van der Waals surface area contributed by atoms with Crippen molar-refractivity contribution in [1.29, 1.82) is 0 Å². The van der Waals surface area contributed by atoms with Crippen LogP contribution < -0.4 is 0 Å². The van der Waals surface area contributed by atoms with Gasteiger partial charge in [-0.3, -0.25) is 9.59 Å². The highest BCUT2D eigenvalue weighted by molar-refractivity contribution is 8.51. The fraction of sp³-hybridized carbons (Fsp3) is 0.0370. The molecule has 8 aromatic carbocycles. The first-order valence-electron chi connectivity index (χ1n) is 20.1. The highest BCUT2D eigenvalue weighted by Crippen LogP contribution is 2.65. The number of hydrogen-bond donors (Lipinski definition) is 1. The van der Waals surface area contributed by atoms with Gasteiger partial charge in [0.2, 0.25) is 0 Å². The summed E-state index contributed by atoms with van der Waals surface area (Å²) < 4.78 is 6.04. The van der Waals surface area contributed by atoms with Crippen molar-refractivity contribution in [2.75, 3.05) is 0 Å². The van der Waals surface area contributed by atoms with Gasteiger partial charge in [-0.25, -0.2) is 0 Å². The molecule has 10 heteroatoms. The lowest BCUT2D eigenvalue weighted by Crippen LogP contribution is -2.55. The molecule has 0 saturated carbocycles. The summed E-state index contributed by atoms with van der Waals surface area (Å²) in [6, 6.07) is 65.4. The molecule has 4 aliphatic rings. The predicted octanol–water partition coefficient (Wildman–Crippen LogP) is 11.8. The van der Waals surface area contributed by atoms with E-state index in [1.165, 1.54) is 73.4 Å². The minimum absolute atomic E-state index is 0.382. The Balaban J connectivity index is 0.000000147. The Kier molecular flexibility index (Phi) is 12.2. The minimum atomic E-state index is -1.66. The van der Waals surface area contributed by atoms with E-state index in [1.54, 1.807) is 0 Å². The van der Waals surface area contributed by atoms with Crippen LogP contribution in [0.2, 0.25) is 0 Å². The molecule has 0 atom stereocenters. The second-order valence-electron chi connectivity index (χ2n) is 15.2. The van der Waals surface area contributed by atoms with Gasteiger partial charge < -0.3 is 9.84 Å². The first kappa shape index (κ1) is 43.0. The first-order valence-corrected chi connectivity index (χ1v) is 25.5. The van der Waals surface area contributed by atoms with Gasteiger partial charge in [-0.1, -0.05) is 194 Å². The maximum absolute atomic E-state index is 13.5. The second-order valence-corrected chi connectivity index (χ2v) is 18.7. The number of carbonyl (C=O) groups is 2. The third kappa shape index (κ3) is 6.39. The van der Waals surface area contributed by atoms with Crippen molar-refractivity contribution in [3.05, 3.63) is 239 Å². The third-order valence-corrected chi connectivity index (χ3v) is 14.8. The summed E-state index contributed by atoms with van der Waals surface area (Å²) in [4.78, 5) is 25.7. The van der Waals surface area contributed by atoms with Crippen LogP contribution in [0.5, 0.6) is 0 Å². The number of ether oxygens (including phenoxy) is 1. The van der Waals surface area contributed by atoms with Gasteiger partial charge in [-0.2, -0.15) is 0 Å².